The Hall–Kier alpha value is -2.24. The van der Waals surface area contributed by atoms with Crippen LogP contribution in [0.1, 0.15) is 39.2 Å². The Morgan fingerprint density at radius 3 is 2.35 bits per heavy atom. The molecule has 0 unspecified atom stereocenters. The van der Waals surface area contributed by atoms with Crippen molar-refractivity contribution in [3.8, 4) is 0 Å². The summed E-state index contributed by atoms with van der Waals surface area (Å²) < 4.78 is 5.20. The van der Waals surface area contributed by atoms with Gasteiger partial charge in [-0.05, 0) is 39.2 Å². The fourth-order valence-corrected chi connectivity index (χ4v) is 2.44. The molecule has 0 spiro atoms. The van der Waals surface area contributed by atoms with E-state index in [1.807, 2.05) is 30.3 Å². The first-order valence-electron chi connectivity index (χ1n) is 7.73. The molecule has 0 radical (unpaired) electrons. The molecule has 0 heterocycles. The van der Waals surface area contributed by atoms with Crippen LogP contribution in [0.5, 0.6) is 0 Å². The normalized spacial score (nSPS) is 15.6. The molecule has 0 aromatic heterocycles. The topological polar surface area (TPSA) is 78.9 Å². The van der Waals surface area contributed by atoms with E-state index in [0.717, 1.165) is 18.4 Å². The summed E-state index contributed by atoms with van der Waals surface area (Å²) >= 11 is 0. The average molecular weight is 320 g/mol. The smallest absolute Gasteiger partial charge is 0.408 e. The van der Waals surface area contributed by atoms with Gasteiger partial charge in [-0.3, -0.25) is 4.90 Å². The van der Waals surface area contributed by atoms with E-state index in [9.17, 15) is 14.7 Å². The molecule has 1 fully saturated rings. The first-order valence-corrected chi connectivity index (χ1v) is 7.73. The van der Waals surface area contributed by atoms with E-state index in [-0.39, 0.29) is 6.54 Å². The van der Waals surface area contributed by atoms with E-state index in [1.54, 1.807) is 20.8 Å². The lowest BCUT2D eigenvalue weighted by atomic mass is 10.1. The molecule has 2 N–H and O–H groups in total. The molecule has 1 aliphatic carbocycles. The van der Waals surface area contributed by atoms with Crippen LogP contribution >= 0.6 is 0 Å². The largest absolute Gasteiger partial charge is 0.465 e. The molecule has 2 rings (SSSR count). The molecule has 126 valence electrons. The standard InChI is InChI=1S/C17H24N2O4/c1-16(2,3)23-14(20)18-12-17(9-10-17)19(15(21)22)11-13-7-5-4-6-8-13/h4-8H,9-12H2,1-3H3,(H,18,20)(H,21,22). The van der Waals surface area contributed by atoms with Gasteiger partial charge in [-0.1, -0.05) is 30.3 Å². The lowest BCUT2D eigenvalue weighted by Crippen LogP contribution is -2.48. The van der Waals surface area contributed by atoms with Crippen molar-refractivity contribution in [3.05, 3.63) is 35.9 Å². The highest BCUT2D eigenvalue weighted by molar-refractivity contribution is 5.69. The second-order valence-corrected chi connectivity index (χ2v) is 6.93. The molecular formula is C17H24N2O4. The maximum absolute atomic E-state index is 11.8. The van der Waals surface area contributed by atoms with Gasteiger partial charge >= 0.3 is 12.2 Å². The van der Waals surface area contributed by atoms with E-state index in [4.69, 9.17) is 4.74 Å². The van der Waals surface area contributed by atoms with Crippen molar-refractivity contribution >= 4 is 12.2 Å². The van der Waals surface area contributed by atoms with Crippen molar-refractivity contribution in [2.45, 2.75) is 51.3 Å². The van der Waals surface area contributed by atoms with E-state index in [2.05, 4.69) is 5.32 Å². The Morgan fingerprint density at radius 1 is 1.26 bits per heavy atom. The van der Waals surface area contributed by atoms with E-state index >= 15 is 0 Å². The van der Waals surface area contributed by atoms with Crippen molar-refractivity contribution < 1.29 is 19.4 Å². The molecule has 0 aliphatic heterocycles. The number of ether oxygens (including phenoxy) is 1. The van der Waals surface area contributed by atoms with Crippen LogP contribution in [0, 0.1) is 0 Å². The van der Waals surface area contributed by atoms with Crippen LogP contribution in [0.4, 0.5) is 9.59 Å². The average Bonchev–Trinajstić information content (AvgIpc) is 3.23. The van der Waals surface area contributed by atoms with E-state index in [0.29, 0.717) is 6.54 Å². The molecule has 1 aliphatic rings. The molecule has 1 aromatic carbocycles. The van der Waals surface area contributed by atoms with Gasteiger partial charge in [0.15, 0.2) is 0 Å². The third-order valence-electron chi connectivity index (χ3n) is 3.77. The third-order valence-corrected chi connectivity index (χ3v) is 3.77. The Balaban J connectivity index is 1.98. The molecule has 0 atom stereocenters. The Bertz CT molecular complexity index is 562. The highest BCUT2D eigenvalue weighted by Gasteiger charge is 2.50. The fraction of sp³-hybridized carbons (Fsp3) is 0.529. The molecule has 6 heteroatoms. The van der Waals surface area contributed by atoms with Crippen molar-refractivity contribution in [3.63, 3.8) is 0 Å². The van der Waals surface area contributed by atoms with Crippen LogP contribution in [0.25, 0.3) is 0 Å². The zero-order valence-corrected chi connectivity index (χ0v) is 13.8. The van der Waals surface area contributed by atoms with Gasteiger partial charge in [-0.2, -0.15) is 0 Å². The van der Waals surface area contributed by atoms with Crippen LogP contribution in [0.3, 0.4) is 0 Å². The van der Waals surface area contributed by atoms with Gasteiger partial charge in [0.25, 0.3) is 0 Å². The van der Waals surface area contributed by atoms with Crippen LogP contribution in [-0.4, -0.2) is 39.9 Å². The summed E-state index contributed by atoms with van der Waals surface area (Å²) in [7, 11) is 0. The highest BCUT2D eigenvalue weighted by atomic mass is 16.6. The number of rotatable bonds is 5. The van der Waals surface area contributed by atoms with Crippen molar-refractivity contribution in [2.75, 3.05) is 6.54 Å². The van der Waals surface area contributed by atoms with Gasteiger partial charge in [-0.25, -0.2) is 9.59 Å². The lowest BCUT2D eigenvalue weighted by molar-refractivity contribution is 0.0493. The Kier molecular flexibility index (Phi) is 4.82. The number of amides is 2. The summed E-state index contributed by atoms with van der Waals surface area (Å²) in [4.78, 5) is 24.8. The van der Waals surface area contributed by atoms with Gasteiger partial charge in [0.2, 0.25) is 0 Å². The van der Waals surface area contributed by atoms with Gasteiger partial charge in [0, 0.05) is 13.1 Å². The van der Waals surface area contributed by atoms with Gasteiger partial charge < -0.3 is 15.2 Å². The zero-order chi connectivity index (χ0) is 17.1. The highest BCUT2D eigenvalue weighted by Crippen LogP contribution is 2.42. The quantitative estimate of drug-likeness (QED) is 0.873. The summed E-state index contributed by atoms with van der Waals surface area (Å²) in [6, 6.07) is 9.45. The SMILES string of the molecule is CC(C)(C)OC(=O)NCC1(N(Cc2ccccc2)C(=O)O)CC1. The summed E-state index contributed by atoms with van der Waals surface area (Å²) in [6.45, 7) is 5.95. The predicted octanol–water partition coefficient (Wildman–Crippen LogP) is 3.22. The summed E-state index contributed by atoms with van der Waals surface area (Å²) in [6.07, 6.45) is -0.0182. The van der Waals surface area contributed by atoms with Gasteiger partial charge in [0.1, 0.15) is 5.60 Å². The zero-order valence-electron chi connectivity index (χ0n) is 13.8. The Labute approximate surface area is 136 Å². The minimum absolute atomic E-state index is 0.265. The van der Waals surface area contributed by atoms with Crippen molar-refractivity contribution in [1.82, 2.24) is 10.2 Å². The molecule has 0 saturated heterocycles. The lowest BCUT2D eigenvalue weighted by Gasteiger charge is -2.30. The van der Waals surface area contributed by atoms with Crippen LogP contribution in [-0.2, 0) is 11.3 Å². The monoisotopic (exact) mass is 320 g/mol. The molecule has 2 amide bonds. The first-order chi connectivity index (χ1) is 10.7. The second kappa shape index (κ2) is 6.48. The van der Waals surface area contributed by atoms with E-state index in [1.165, 1.54) is 4.90 Å². The number of carbonyl (C=O) groups excluding carboxylic acids is 1. The fourth-order valence-electron chi connectivity index (χ4n) is 2.44. The molecular weight excluding hydrogens is 296 g/mol. The molecule has 1 saturated carbocycles. The maximum Gasteiger partial charge on any atom is 0.408 e. The minimum Gasteiger partial charge on any atom is -0.465 e. The van der Waals surface area contributed by atoms with E-state index < -0.39 is 23.3 Å². The van der Waals surface area contributed by atoms with Crippen LogP contribution < -0.4 is 5.32 Å². The minimum atomic E-state index is -0.975. The number of nitrogens with one attached hydrogen (secondary N) is 1. The summed E-state index contributed by atoms with van der Waals surface area (Å²) in [5, 5.41) is 12.2. The van der Waals surface area contributed by atoms with Gasteiger partial charge in [-0.15, -0.1) is 0 Å². The number of hydrogen-bond donors (Lipinski definition) is 2. The second-order valence-electron chi connectivity index (χ2n) is 6.93. The van der Waals surface area contributed by atoms with Crippen LogP contribution in [0.15, 0.2) is 30.3 Å². The van der Waals surface area contributed by atoms with Gasteiger partial charge in [0.05, 0.1) is 5.54 Å². The van der Waals surface area contributed by atoms with Crippen molar-refractivity contribution in [2.24, 2.45) is 0 Å². The number of benzene rings is 1. The maximum atomic E-state index is 11.8. The summed E-state index contributed by atoms with van der Waals surface area (Å²) in [5.41, 5.74) is -0.172. The first kappa shape index (κ1) is 17.1. The Morgan fingerprint density at radius 2 is 1.87 bits per heavy atom. The number of alkyl carbamates (subject to hydrolysis) is 1. The number of carboxylic acid groups (broad SMARTS) is 1. The molecule has 1 aromatic rings. The van der Waals surface area contributed by atoms with Crippen LogP contribution in [0.2, 0.25) is 0 Å². The number of carbonyl (C=O) groups is 2. The molecule has 23 heavy (non-hydrogen) atoms. The number of hydrogen-bond acceptors (Lipinski definition) is 3. The molecule has 6 nitrogen and oxygen atoms in total. The molecule has 0 bridgehead atoms. The number of nitrogens with zero attached hydrogens (tertiary/aromatic N) is 1. The van der Waals surface area contributed by atoms with Crippen molar-refractivity contribution in [1.29, 1.82) is 0 Å². The summed E-state index contributed by atoms with van der Waals surface area (Å²) in [5.74, 6) is 0. The predicted molar refractivity (Wildman–Crippen MR) is 86.2 cm³/mol. The third kappa shape index (κ3) is 4.87.